The predicted molar refractivity (Wildman–Crippen MR) is 78.6 cm³/mol. The first-order chi connectivity index (χ1) is 9.85. The minimum atomic E-state index is -3.59. The molecule has 7 heteroatoms. The zero-order valence-electron chi connectivity index (χ0n) is 12.2. The van der Waals surface area contributed by atoms with E-state index in [1.165, 1.54) is 13.2 Å². The van der Waals surface area contributed by atoms with E-state index in [0.29, 0.717) is 12.0 Å². The van der Waals surface area contributed by atoms with Gasteiger partial charge in [-0.25, -0.2) is 13.2 Å². The number of nitrogens with one attached hydrogen (secondary N) is 1. The molecule has 0 saturated carbocycles. The van der Waals surface area contributed by atoms with Crippen LogP contribution in [0.2, 0.25) is 0 Å². The summed E-state index contributed by atoms with van der Waals surface area (Å²) in [7, 11) is -2.30. The first-order valence-electron chi connectivity index (χ1n) is 6.63. The normalized spacial score (nSPS) is 19.1. The van der Waals surface area contributed by atoms with Crippen LogP contribution in [0.15, 0.2) is 34.2 Å². The molecule has 0 spiro atoms. The van der Waals surface area contributed by atoms with Gasteiger partial charge in [0.25, 0.3) is 10.0 Å². The van der Waals surface area contributed by atoms with E-state index in [0.717, 1.165) is 0 Å². The van der Waals surface area contributed by atoms with E-state index >= 15 is 0 Å². The summed E-state index contributed by atoms with van der Waals surface area (Å²) in [6, 6.07) is 5.82. The molecule has 0 aliphatic carbocycles. The van der Waals surface area contributed by atoms with Gasteiger partial charge in [0.15, 0.2) is 0 Å². The molecule has 2 rings (SSSR count). The fraction of sp³-hybridized carbons (Fsp3) is 0.429. The summed E-state index contributed by atoms with van der Waals surface area (Å²) < 4.78 is 31.1. The largest absolute Gasteiger partial charge is 0.467 e. The number of hydrogen-bond acceptors (Lipinski definition) is 5. The maximum Gasteiger partial charge on any atom is 0.330 e. The van der Waals surface area contributed by atoms with Crippen LogP contribution in [0.25, 0.3) is 0 Å². The number of carbonyl (C=O) groups excluding carboxylic acids is 1. The molecule has 0 fully saturated rings. The Kier molecular flexibility index (Phi) is 4.32. The highest BCUT2D eigenvalue weighted by atomic mass is 32.2. The van der Waals surface area contributed by atoms with Crippen molar-refractivity contribution in [2.75, 3.05) is 7.11 Å². The van der Waals surface area contributed by atoms with Gasteiger partial charge in [-0.05, 0) is 24.5 Å². The Bertz CT molecular complexity index is 680. The summed E-state index contributed by atoms with van der Waals surface area (Å²) in [5.74, 6) is -0.0480. The lowest BCUT2D eigenvalue weighted by atomic mass is 10.0. The molecule has 114 valence electrons. The molecule has 6 nitrogen and oxygen atoms in total. The van der Waals surface area contributed by atoms with Gasteiger partial charge >= 0.3 is 5.97 Å². The fourth-order valence-corrected chi connectivity index (χ4v) is 3.41. The Labute approximate surface area is 124 Å². The molecule has 0 aromatic heterocycles. The van der Waals surface area contributed by atoms with Crippen LogP contribution in [0, 0.1) is 5.92 Å². The van der Waals surface area contributed by atoms with Gasteiger partial charge in [-0.1, -0.05) is 26.0 Å². The molecule has 0 amide bonds. The van der Waals surface area contributed by atoms with E-state index in [-0.39, 0.29) is 16.6 Å². The van der Waals surface area contributed by atoms with Crippen LogP contribution in [-0.4, -0.2) is 33.4 Å². The van der Waals surface area contributed by atoms with Crippen molar-refractivity contribution >= 4 is 21.8 Å². The minimum Gasteiger partial charge on any atom is -0.467 e. The molecule has 1 aliphatic rings. The van der Waals surface area contributed by atoms with Crippen molar-refractivity contribution < 1.29 is 17.9 Å². The smallest absolute Gasteiger partial charge is 0.330 e. The van der Waals surface area contributed by atoms with Crippen molar-refractivity contribution in [3.05, 3.63) is 29.8 Å². The second-order valence-corrected chi connectivity index (χ2v) is 6.90. The minimum absolute atomic E-state index is 0.178. The number of rotatable bonds is 4. The molecule has 0 radical (unpaired) electrons. The molecule has 1 aliphatic heterocycles. The van der Waals surface area contributed by atoms with Crippen LogP contribution >= 0.6 is 0 Å². The Morgan fingerprint density at radius 1 is 1.33 bits per heavy atom. The number of sulfonamides is 1. The van der Waals surface area contributed by atoms with E-state index in [4.69, 9.17) is 4.74 Å². The number of hydrogen-bond donors (Lipinski definition) is 1. The van der Waals surface area contributed by atoms with Crippen molar-refractivity contribution in [2.45, 2.75) is 31.2 Å². The van der Waals surface area contributed by atoms with Gasteiger partial charge in [0.05, 0.1) is 12.0 Å². The van der Waals surface area contributed by atoms with Crippen LogP contribution in [-0.2, 0) is 19.6 Å². The van der Waals surface area contributed by atoms with E-state index in [1.54, 1.807) is 18.2 Å². The molecule has 1 aromatic rings. The number of carbonyl (C=O) groups is 1. The Balaban J connectivity index is 2.43. The van der Waals surface area contributed by atoms with Crippen LogP contribution in [0.3, 0.4) is 0 Å². The van der Waals surface area contributed by atoms with E-state index in [2.05, 4.69) is 9.71 Å². The third-order valence-electron chi connectivity index (χ3n) is 3.12. The summed E-state index contributed by atoms with van der Waals surface area (Å²) in [5, 5.41) is 0. The average Bonchev–Trinajstić information content (AvgIpc) is 2.69. The van der Waals surface area contributed by atoms with Crippen LogP contribution in [0.4, 0.5) is 0 Å². The average molecular weight is 310 g/mol. The maximum atomic E-state index is 12.0. The highest BCUT2D eigenvalue weighted by molar-refractivity contribution is 7.90. The molecule has 1 N–H and O–H groups in total. The number of amidine groups is 1. The Hall–Kier alpha value is -1.89. The Morgan fingerprint density at radius 2 is 2.00 bits per heavy atom. The van der Waals surface area contributed by atoms with Crippen molar-refractivity contribution in [2.24, 2.45) is 10.9 Å². The number of ether oxygens (including phenoxy) is 1. The van der Waals surface area contributed by atoms with Gasteiger partial charge in [-0.15, -0.1) is 0 Å². The molecule has 1 unspecified atom stereocenters. The van der Waals surface area contributed by atoms with E-state index < -0.39 is 22.0 Å². The second kappa shape index (κ2) is 5.85. The zero-order chi connectivity index (χ0) is 15.6. The summed E-state index contributed by atoms with van der Waals surface area (Å²) in [4.78, 5) is 16.3. The molecular formula is C14H18N2O4S. The summed E-state index contributed by atoms with van der Waals surface area (Å²) in [6.07, 6.45) is 0.486. The predicted octanol–water partition coefficient (Wildman–Crippen LogP) is 1.31. The highest BCUT2D eigenvalue weighted by Gasteiger charge is 2.32. The number of methoxy groups -OCH3 is 1. The summed E-state index contributed by atoms with van der Waals surface area (Å²) in [6.45, 7) is 3.92. The molecule has 1 aromatic carbocycles. The zero-order valence-corrected chi connectivity index (χ0v) is 13.0. The summed E-state index contributed by atoms with van der Waals surface area (Å²) in [5.41, 5.74) is 0.482. The lowest BCUT2D eigenvalue weighted by Gasteiger charge is -2.13. The first kappa shape index (κ1) is 15.5. The molecule has 21 heavy (non-hydrogen) atoms. The number of fused-ring (bicyclic) bond motifs is 1. The first-order valence-corrected chi connectivity index (χ1v) is 8.11. The van der Waals surface area contributed by atoms with Gasteiger partial charge < -0.3 is 4.74 Å². The number of benzene rings is 1. The van der Waals surface area contributed by atoms with Gasteiger partial charge in [0.2, 0.25) is 0 Å². The number of nitrogens with zero attached hydrogens (tertiary/aromatic N) is 1. The van der Waals surface area contributed by atoms with Gasteiger partial charge in [-0.3, -0.25) is 9.71 Å². The molecule has 0 saturated heterocycles. The van der Waals surface area contributed by atoms with Crippen molar-refractivity contribution in [1.82, 2.24) is 4.72 Å². The Morgan fingerprint density at radius 3 is 2.62 bits per heavy atom. The van der Waals surface area contributed by atoms with Gasteiger partial charge in [0, 0.05) is 5.56 Å². The molecule has 1 heterocycles. The van der Waals surface area contributed by atoms with Crippen LogP contribution in [0.5, 0.6) is 0 Å². The number of aliphatic imine (C=N–C) groups is 1. The van der Waals surface area contributed by atoms with Crippen LogP contribution in [0.1, 0.15) is 25.8 Å². The van der Waals surface area contributed by atoms with Crippen molar-refractivity contribution in [1.29, 1.82) is 0 Å². The van der Waals surface area contributed by atoms with Crippen molar-refractivity contribution in [3.8, 4) is 0 Å². The third kappa shape index (κ3) is 3.24. The monoisotopic (exact) mass is 310 g/mol. The number of esters is 1. The summed E-state index contributed by atoms with van der Waals surface area (Å²) >= 11 is 0. The SMILES string of the molecule is COC(=O)C(CC(C)C)N=C1NS(=O)(=O)c2ccccc21. The lowest BCUT2D eigenvalue weighted by molar-refractivity contribution is -0.142. The molecule has 0 bridgehead atoms. The maximum absolute atomic E-state index is 12.0. The third-order valence-corrected chi connectivity index (χ3v) is 4.51. The van der Waals surface area contributed by atoms with Gasteiger partial charge in [-0.2, -0.15) is 0 Å². The van der Waals surface area contributed by atoms with Crippen LogP contribution < -0.4 is 4.72 Å². The van der Waals surface area contributed by atoms with E-state index in [9.17, 15) is 13.2 Å². The fourth-order valence-electron chi connectivity index (χ4n) is 2.17. The van der Waals surface area contributed by atoms with Crippen molar-refractivity contribution in [3.63, 3.8) is 0 Å². The standard InChI is InChI=1S/C14H18N2O4S/c1-9(2)8-11(14(17)20-3)15-13-10-6-4-5-7-12(10)21(18,19)16-13/h4-7,9,11H,8H2,1-3H3,(H,15,16). The molecule has 1 atom stereocenters. The molecular weight excluding hydrogens is 292 g/mol. The second-order valence-electron chi connectivity index (χ2n) is 5.25. The topological polar surface area (TPSA) is 84.8 Å². The quantitative estimate of drug-likeness (QED) is 0.850. The highest BCUT2D eigenvalue weighted by Crippen LogP contribution is 2.23. The van der Waals surface area contributed by atoms with E-state index in [1.807, 2.05) is 13.8 Å². The van der Waals surface area contributed by atoms with Gasteiger partial charge in [0.1, 0.15) is 11.9 Å². The lowest BCUT2D eigenvalue weighted by Crippen LogP contribution is -2.28.